The van der Waals surface area contributed by atoms with Crippen molar-refractivity contribution in [1.29, 1.82) is 0 Å². The molecule has 18 heavy (non-hydrogen) atoms. The minimum absolute atomic E-state index is 0.145. The van der Waals surface area contributed by atoms with Crippen LogP contribution in [0.3, 0.4) is 0 Å². The molecule has 0 radical (unpaired) electrons. The van der Waals surface area contributed by atoms with Gasteiger partial charge in [0.2, 0.25) is 0 Å². The van der Waals surface area contributed by atoms with Gasteiger partial charge in [0, 0.05) is 16.5 Å². The molecule has 0 atom stereocenters. The fraction of sp³-hybridized carbons (Fsp3) is 0.143. The number of alkyl halides is 1. The lowest BCUT2D eigenvalue weighted by atomic mass is 10.2. The number of hydrogen-bond acceptors (Lipinski definition) is 1. The summed E-state index contributed by atoms with van der Waals surface area (Å²) < 4.78 is 18.9. The van der Waals surface area contributed by atoms with E-state index in [1.54, 1.807) is 18.2 Å². The van der Waals surface area contributed by atoms with Gasteiger partial charge < -0.3 is 4.74 Å². The van der Waals surface area contributed by atoms with Gasteiger partial charge in [0.25, 0.3) is 0 Å². The lowest BCUT2D eigenvalue weighted by molar-refractivity contribution is 0.300. The van der Waals surface area contributed by atoms with Gasteiger partial charge in [-0.05, 0) is 35.9 Å². The van der Waals surface area contributed by atoms with Crippen LogP contribution >= 0.6 is 23.2 Å². The molecule has 0 aliphatic rings. The number of rotatable bonds is 4. The lowest BCUT2D eigenvalue weighted by Gasteiger charge is -2.08. The van der Waals surface area contributed by atoms with Crippen molar-refractivity contribution in [2.45, 2.75) is 12.5 Å². The maximum atomic E-state index is 13.4. The first kappa shape index (κ1) is 13.2. The molecular formula is C14H11Cl2FO. The molecule has 4 heteroatoms. The molecule has 2 aromatic carbocycles. The summed E-state index contributed by atoms with van der Waals surface area (Å²) in [7, 11) is 0. The zero-order valence-corrected chi connectivity index (χ0v) is 11.0. The third-order valence-electron chi connectivity index (χ3n) is 2.48. The molecule has 0 aliphatic carbocycles. The molecule has 2 rings (SSSR count). The van der Waals surface area contributed by atoms with Crippen LogP contribution in [-0.2, 0) is 12.5 Å². The highest BCUT2D eigenvalue weighted by Crippen LogP contribution is 2.19. The summed E-state index contributed by atoms with van der Waals surface area (Å²) in [6.45, 7) is 0.145. The van der Waals surface area contributed by atoms with Gasteiger partial charge >= 0.3 is 0 Å². The Balaban J connectivity index is 2.04. The zero-order valence-electron chi connectivity index (χ0n) is 9.50. The average Bonchev–Trinajstić information content (AvgIpc) is 2.40. The molecule has 94 valence electrons. The summed E-state index contributed by atoms with van der Waals surface area (Å²) in [4.78, 5) is 0. The quantitative estimate of drug-likeness (QED) is 0.733. The van der Waals surface area contributed by atoms with E-state index in [1.165, 1.54) is 12.1 Å². The number of halogens is 3. The van der Waals surface area contributed by atoms with Gasteiger partial charge in [0.1, 0.15) is 18.2 Å². The first-order valence-corrected chi connectivity index (χ1v) is 6.32. The Morgan fingerprint density at radius 1 is 1.06 bits per heavy atom. The average molecular weight is 285 g/mol. The van der Waals surface area contributed by atoms with E-state index in [4.69, 9.17) is 27.9 Å². The van der Waals surface area contributed by atoms with Crippen LogP contribution < -0.4 is 4.74 Å². The topological polar surface area (TPSA) is 9.23 Å². The molecule has 0 N–H and O–H groups in total. The van der Waals surface area contributed by atoms with Gasteiger partial charge in [-0.25, -0.2) is 4.39 Å². The lowest BCUT2D eigenvalue weighted by Crippen LogP contribution is -1.98. The molecule has 0 heterocycles. The summed E-state index contributed by atoms with van der Waals surface area (Å²) >= 11 is 11.5. The van der Waals surface area contributed by atoms with Crippen LogP contribution in [0.5, 0.6) is 5.75 Å². The van der Waals surface area contributed by atoms with Crippen LogP contribution in [-0.4, -0.2) is 0 Å². The van der Waals surface area contributed by atoms with Gasteiger partial charge in [0.05, 0.1) is 0 Å². The van der Waals surface area contributed by atoms with Crippen LogP contribution in [0.2, 0.25) is 5.02 Å². The number of ether oxygens (including phenoxy) is 1. The van der Waals surface area contributed by atoms with Crippen molar-refractivity contribution in [2.24, 2.45) is 0 Å². The van der Waals surface area contributed by atoms with E-state index in [2.05, 4.69) is 0 Å². The van der Waals surface area contributed by atoms with Crippen LogP contribution in [0.1, 0.15) is 11.1 Å². The molecule has 0 fully saturated rings. The first-order valence-electron chi connectivity index (χ1n) is 5.40. The highest BCUT2D eigenvalue weighted by Gasteiger charge is 2.04. The van der Waals surface area contributed by atoms with Crippen LogP contribution in [0, 0.1) is 5.82 Å². The largest absolute Gasteiger partial charge is 0.489 e. The molecule has 0 aromatic heterocycles. The van der Waals surface area contributed by atoms with Gasteiger partial charge in [-0.1, -0.05) is 23.7 Å². The van der Waals surface area contributed by atoms with Crippen molar-refractivity contribution < 1.29 is 9.13 Å². The Morgan fingerprint density at radius 3 is 2.44 bits per heavy atom. The molecule has 2 aromatic rings. The van der Waals surface area contributed by atoms with E-state index in [1.807, 2.05) is 12.1 Å². The maximum absolute atomic E-state index is 13.4. The SMILES string of the molecule is Fc1ccc(Cl)cc1COc1ccc(CCl)cc1. The zero-order chi connectivity index (χ0) is 13.0. The highest BCUT2D eigenvalue weighted by atomic mass is 35.5. The summed E-state index contributed by atoms with van der Waals surface area (Å²) in [6.07, 6.45) is 0. The van der Waals surface area contributed by atoms with E-state index in [0.29, 0.717) is 22.2 Å². The number of hydrogen-bond donors (Lipinski definition) is 0. The Labute approximate surface area is 115 Å². The minimum Gasteiger partial charge on any atom is -0.489 e. The normalized spacial score (nSPS) is 10.4. The van der Waals surface area contributed by atoms with Crippen molar-refractivity contribution in [3.05, 3.63) is 64.4 Å². The second-order valence-corrected chi connectivity index (χ2v) is 4.51. The highest BCUT2D eigenvalue weighted by molar-refractivity contribution is 6.30. The smallest absolute Gasteiger partial charge is 0.129 e. The van der Waals surface area contributed by atoms with Crippen LogP contribution in [0.4, 0.5) is 4.39 Å². The van der Waals surface area contributed by atoms with Crippen molar-refractivity contribution >= 4 is 23.2 Å². The van der Waals surface area contributed by atoms with Gasteiger partial charge in [0.15, 0.2) is 0 Å². The third-order valence-corrected chi connectivity index (χ3v) is 3.02. The summed E-state index contributed by atoms with van der Waals surface area (Å²) in [5, 5.41) is 0.493. The third kappa shape index (κ3) is 3.37. The summed E-state index contributed by atoms with van der Waals surface area (Å²) in [5.74, 6) is 0.809. The fourth-order valence-electron chi connectivity index (χ4n) is 1.49. The molecule has 0 saturated heterocycles. The molecule has 0 saturated carbocycles. The first-order chi connectivity index (χ1) is 8.69. The second kappa shape index (κ2) is 6.07. The molecule has 0 aliphatic heterocycles. The van der Waals surface area contributed by atoms with E-state index in [-0.39, 0.29) is 12.4 Å². The van der Waals surface area contributed by atoms with E-state index in [0.717, 1.165) is 5.56 Å². The fourth-order valence-corrected chi connectivity index (χ4v) is 1.86. The monoisotopic (exact) mass is 284 g/mol. The second-order valence-electron chi connectivity index (χ2n) is 3.80. The Bertz CT molecular complexity index is 526. The number of benzene rings is 2. The predicted octanol–water partition coefficient (Wildman–Crippen LogP) is 4.80. The summed E-state index contributed by atoms with van der Waals surface area (Å²) in [5.41, 5.74) is 1.45. The Hall–Kier alpha value is -1.25. The Kier molecular flexibility index (Phi) is 4.45. The molecule has 0 spiro atoms. The van der Waals surface area contributed by atoms with E-state index in [9.17, 15) is 4.39 Å². The Morgan fingerprint density at radius 2 is 1.78 bits per heavy atom. The summed E-state index contributed by atoms with van der Waals surface area (Å²) in [6, 6.07) is 11.8. The standard InChI is InChI=1S/C14H11Cl2FO/c15-8-10-1-4-13(5-2-10)18-9-11-7-12(16)3-6-14(11)17/h1-7H,8-9H2. The van der Waals surface area contributed by atoms with Gasteiger partial charge in [-0.2, -0.15) is 0 Å². The molecule has 1 nitrogen and oxygen atoms in total. The maximum Gasteiger partial charge on any atom is 0.129 e. The van der Waals surface area contributed by atoms with Crippen molar-refractivity contribution in [1.82, 2.24) is 0 Å². The molecule has 0 bridgehead atoms. The van der Waals surface area contributed by atoms with Crippen LogP contribution in [0.15, 0.2) is 42.5 Å². The molecular weight excluding hydrogens is 274 g/mol. The van der Waals surface area contributed by atoms with Crippen molar-refractivity contribution in [3.63, 3.8) is 0 Å². The minimum atomic E-state index is -0.322. The van der Waals surface area contributed by atoms with Crippen LogP contribution in [0.25, 0.3) is 0 Å². The molecule has 0 amide bonds. The van der Waals surface area contributed by atoms with Gasteiger partial charge in [-0.15, -0.1) is 11.6 Å². The van der Waals surface area contributed by atoms with E-state index >= 15 is 0 Å². The van der Waals surface area contributed by atoms with Crippen molar-refractivity contribution in [2.75, 3.05) is 0 Å². The van der Waals surface area contributed by atoms with Gasteiger partial charge in [-0.3, -0.25) is 0 Å². The van der Waals surface area contributed by atoms with E-state index < -0.39 is 0 Å². The predicted molar refractivity (Wildman–Crippen MR) is 71.7 cm³/mol. The van der Waals surface area contributed by atoms with Crippen molar-refractivity contribution in [3.8, 4) is 5.75 Å². The molecule has 0 unspecified atom stereocenters.